The number of nitrogens with one attached hydrogen (secondary N) is 1. The molecule has 102 valence electrons. The number of pyridine rings is 1. The van der Waals surface area contributed by atoms with Crippen molar-refractivity contribution in [2.24, 2.45) is 0 Å². The average molecular weight is 291 g/mol. The summed E-state index contributed by atoms with van der Waals surface area (Å²) in [5, 5.41) is 4.04. The molecule has 1 aromatic heterocycles. The van der Waals surface area contributed by atoms with Gasteiger partial charge in [-0.1, -0.05) is 23.2 Å². The van der Waals surface area contributed by atoms with Gasteiger partial charge >= 0.3 is 0 Å². The van der Waals surface area contributed by atoms with Crippen LogP contribution in [0.4, 0.5) is 11.6 Å². The second-order valence-electron chi connectivity index (χ2n) is 4.54. The Kier molecular flexibility index (Phi) is 5.99. The summed E-state index contributed by atoms with van der Waals surface area (Å²) >= 11 is 11.8. The fraction of sp³-hybridized carbons (Fsp3) is 0.583. The van der Waals surface area contributed by atoms with E-state index in [0.717, 1.165) is 19.5 Å². The summed E-state index contributed by atoms with van der Waals surface area (Å²) in [5.41, 5.74) is 5.63. The van der Waals surface area contributed by atoms with Gasteiger partial charge in [0.05, 0.1) is 10.0 Å². The van der Waals surface area contributed by atoms with Gasteiger partial charge in [-0.3, -0.25) is 0 Å². The molecule has 0 fully saturated rings. The molecule has 0 aliphatic carbocycles. The van der Waals surface area contributed by atoms with E-state index in [9.17, 15) is 0 Å². The van der Waals surface area contributed by atoms with Crippen LogP contribution in [-0.2, 0) is 0 Å². The van der Waals surface area contributed by atoms with E-state index >= 15 is 0 Å². The normalized spacial score (nSPS) is 11.3. The van der Waals surface area contributed by atoms with Crippen LogP contribution in [0.2, 0.25) is 10.0 Å². The maximum atomic E-state index is 6.02. The van der Waals surface area contributed by atoms with Crippen LogP contribution in [0.5, 0.6) is 0 Å². The molecule has 0 unspecified atom stereocenters. The van der Waals surface area contributed by atoms with Crippen molar-refractivity contribution in [2.45, 2.75) is 26.3 Å². The van der Waals surface area contributed by atoms with Gasteiger partial charge < -0.3 is 16.0 Å². The van der Waals surface area contributed by atoms with Gasteiger partial charge in [-0.05, 0) is 39.9 Å². The minimum Gasteiger partial charge on any atom is -0.382 e. The van der Waals surface area contributed by atoms with Crippen molar-refractivity contribution in [1.82, 2.24) is 9.88 Å². The van der Waals surface area contributed by atoms with Crippen LogP contribution in [0.15, 0.2) is 6.07 Å². The summed E-state index contributed by atoms with van der Waals surface area (Å²) < 4.78 is 0. The summed E-state index contributed by atoms with van der Waals surface area (Å²) in [6, 6.07) is 2.16. The first kappa shape index (κ1) is 15.3. The van der Waals surface area contributed by atoms with E-state index in [1.54, 1.807) is 6.07 Å². The third-order valence-electron chi connectivity index (χ3n) is 2.82. The zero-order valence-electron chi connectivity index (χ0n) is 11.0. The molecule has 0 radical (unpaired) electrons. The number of nitrogen functional groups attached to an aromatic ring is 1. The first-order valence-electron chi connectivity index (χ1n) is 5.97. The van der Waals surface area contributed by atoms with E-state index < -0.39 is 0 Å². The van der Waals surface area contributed by atoms with Gasteiger partial charge in [0.2, 0.25) is 0 Å². The molecule has 0 saturated carbocycles. The van der Waals surface area contributed by atoms with Crippen LogP contribution in [0.25, 0.3) is 0 Å². The monoisotopic (exact) mass is 290 g/mol. The second-order valence-corrected chi connectivity index (χ2v) is 5.35. The molecule has 0 atom stereocenters. The molecule has 0 aromatic carbocycles. The molecule has 4 nitrogen and oxygen atoms in total. The Hall–Kier alpha value is -0.710. The van der Waals surface area contributed by atoms with Crippen molar-refractivity contribution in [3.63, 3.8) is 0 Å². The van der Waals surface area contributed by atoms with Crippen molar-refractivity contribution >= 4 is 34.8 Å². The highest BCUT2D eigenvalue weighted by Gasteiger charge is 2.07. The SMILES string of the molecule is CC(C)N(C)CCCNc1nc(N)c(Cl)cc1Cl. The number of halogens is 2. The molecule has 3 N–H and O–H groups in total. The van der Waals surface area contributed by atoms with E-state index in [0.29, 0.717) is 27.7 Å². The van der Waals surface area contributed by atoms with Gasteiger partial charge in [-0.15, -0.1) is 0 Å². The smallest absolute Gasteiger partial charge is 0.147 e. The highest BCUT2D eigenvalue weighted by Crippen LogP contribution is 2.27. The van der Waals surface area contributed by atoms with Crippen molar-refractivity contribution in [3.8, 4) is 0 Å². The lowest BCUT2D eigenvalue weighted by Crippen LogP contribution is -2.28. The molecule has 1 heterocycles. The topological polar surface area (TPSA) is 54.2 Å². The molecule has 0 bridgehead atoms. The van der Waals surface area contributed by atoms with Gasteiger partial charge in [0, 0.05) is 12.6 Å². The van der Waals surface area contributed by atoms with Gasteiger partial charge in [-0.25, -0.2) is 4.98 Å². The minimum absolute atomic E-state index is 0.294. The number of nitrogens with two attached hydrogens (primary N) is 1. The van der Waals surface area contributed by atoms with Gasteiger partial charge in [0.15, 0.2) is 0 Å². The van der Waals surface area contributed by atoms with Crippen molar-refractivity contribution in [3.05, 3.63) is 16.1 Å². The zero-order valence-corrected chi connectivity index (χ0v) is 12.5. The lowest BCUT2D eigenvalue weighted by molar-refractivity contribution is 0.273. The third-order valence-corrected chi connectivity index (χ3v) is 3.41. The van der Waals surface area contributed by atoms with Gasteiger partial charge in [-0.2, -0.15) is 0 Å². The Labute approximate surface area is 118 Å². The summed E-state index contributed by atoms with van der Waals surface area (Å²) in [4.78, 5) is 6.40. The summed E-state index contributed by atoms with van der Waals surface area (Å²) in [6.45, 7) is 6.16. The Balaban J connectivity index is 2.42. The van der Waals surface area contributed by atoms with Gasteiger partial charge in [0.1, 0.15) is 11.6 Å². The predicted molar refractivity (Wildman–Crippen MR) is 79.5 cm³/mol. The molecule has 0 aliphatic heterocycles. The zero-order chi connectivity index (χ0) is 13.7. The third kappa shape index (κ3) is 4.52. The highest BCUT2D eigenvalue weighted by atomic mass is 35.5. The molecule has 0 aliphatic rings. The average Bonchev–Trinajstić information content (AvgIpc) is 2.30. The standard InChI is InChI=1S/C12H20Cl2N4/c1-8(2)18(3)6-4-5-16-12-10(14)7-9(13)11(15)17-12/h7-8H,4-6H2,1-3H3,(H3,15,16,17). The maximum absolute atomic E-state index is 6.02. The number of hydrogen-bond acceptors (Lipinski definition) is 4. The lowest BCUT2D eigenvalue weighted by atomic mass is 10.3. The molecular weight excluding hydrogens is 271 g/mol. The first-order chi connectivity index (χ1) is 8.41. The number of nitrogens with zero attached hydrogens (tertiary/aromatic N) is 2. The van der Waals surface area contributed by atoms with E-state index in [1.165, 1.54) is 0 Å². The number of aromatic nitrogens is 1. The summed E-state index contributed by atoms with van der Waals surface area (Å²) in [5.74, 6) is 0.883. The Morgan fingerprint density at radius 1 is 1.39 bits per heavy atom. The Bertz CT molecular complexity index is 396. The van der Waals surface area contributed by atoms with Crippen LogP contribution >= 0.6 is 23.2 Å². The van der Waals surface area contributed by atoms with Crippen molar-refractivity contribution in [2.75, 3.05) is 31.2 Å². The van der Waals surface area contributed by atoms with Crippen LogP contribution < -0.4 is 11.1 Å². The molecule has 0 spiro atoms. The lowest BCUT2D eigenvalue weighted by Gasteiger charge is -2.20. The van der Waals surface area contributed by atoms with E-state index in [2.05, 4.69) is 36.1 Å². The van der Waals surface area contributed by atoms with Gasteiger partial charge in [0.25, 0.3) is 0 Å². The van der Waals surface area contributed by atoms with Crippen LogP contribution in [0.3, 0.4) is 0 Å². The van der Waals surface area contributed by atoms with Crippen LogP contribution in [-0.4, -0.2) is 36.1 Å². The highest BCUT2D eigenvalue weighted by molar-refractivity contribution is 6.37. The van der Waals surface area contributed by atoms with E-state index in [4.69, 9.17) is 28.9 Å². The molecule has 0 amide bonds. The molecule has 0 saturated heterocycles. The van der Waals surface area contributed by atoms with E-state index in [1.807, 2.05) is 0 Å². The minimum atomic E-state index is 0.294. The first-order valence-corrected chi connectivity index (χ1v) is 6.73. The Morgan fingerprint density at radius 2 is 2.06 bits per heavy atom. The molecule has 1 rings (SSSR count). The van der Waals surface area contributed by atoms with Crippen LogP contribution in [0.1, 0.15) is 20.3 Å². The molecule has 6 heteroatoms. The van der Waals surface area contributed by atoms with Crippen molar-refractivity contribution in [1.29, 1.82) is 0 Å². The fourth-order valence-corrected chi connectivity index (χ4v) is 1.82. The largest absolute Gasteiger partial charge is 0.382 e. The molecule has 1 aromatic rings. The number of rotatable bonds is 6. The van der Waals surface area contributed by atoms with Crippen LogP contribution in [0, 0.1) is 0 Å². The second kappa shape index (κ2) is 7.02. The number of anilines is 2. The Morgan fingerprint density at radius 3 is 2.67 bits per heavy atom. The van der Waals surface area contributed by atoms with E-state index in [-0.39, 0.29) is 0 Å². The summed E-state index contributed by atoms with van der Waals surface area (Å²) in [7, 11) is 2.11. The van der Waals surface area contributed by atoms with Crippen molar-refractivity contribution < 1.29 is 0 Å². The molecule has 18 heavy (non-hydrogen) atoms. The fourth-order valence-electron chi connectivity index (χ4n) is 1.40. The summed E-state index contributed by atoms with van der Waals surface area (Å²) in [6.07, 6.45) is 1.01. The molecular formula is C12H20Cl2N4. The predicted octanol–water partition coefficient (Wildman–Crippen LogP) is 3.11. The number of hydrogen-bond donors (Lipinski definition) is 2. The quantitative estimate of drug-likeness (QED) is 0.791. The maximum Gasteiger partial charge on any atom is 0.147 e.